The van der Waals surface area contributed by atoms with E-state index in [-0.39, 0.29) is 11.7 Å². The van der Waals surface area contributed by atoms with Crippen LogP contribution < -0.4 is 16.7 Å². The second-order valence-corrected chi connectivity index (χ2v) is 4.66. The lowest BCUT2D eigenvalue weighted by Gasteiger charge is -2.04. The number of nitrogens with zero attached hydrogens (tertiary/aromatic N) is 3. The van der Waals surface area contributed by atoms with Crippen LogP contribution in [0, 0.1) is 6.92 Å². The fourth-order valence-corrected chi connectivity index (χ4v) is 1.91. The number of nitrogen functional groups attached to an aromatic ring is 1. The first kappa shape index (κ1) is 13.8. The highest BCUT2D eigenvalue weighted by Gasteiger charge is 2.03. The van der Waals surface area contributed by atoms with Crippen LogP contribution in [0.2, 0.25) is 0 Å². The van der Waals surface area contributed by atoms with Gasteiger partial charge in [-0.05, 0) is 30.7 Å². The van der Waals surface area contributed by atoms with E-state index in [1.165, 1.54) is 0 Å². The Balaban J connectivity index is 1.98. The first-order valence-corrected chi connectivity index (χ1v) is 6.78. The molecule has 0 saturated carbocycles. The van der Waals surface area contributed by atoms with Gasteiger partial charge in [0.25, 0.3) is 6.01 Å². The number of rotatable bonds is 3. The van der Waals surface area contributed by atoms with Crippen LogP contribution in [-0.2, 0) is 0 Å². The molecule has 0 atom stereocenters. The molecule has 0 spiro atoms. The van der Waals surface area contributed by atoms with E-state index in [9.17, 15) is 0 Å². The third kappa shape index (κ3) is 3.29. The Hall–Kier alpha value is -3.15. The highest BCUT2D eigenvalue weighted by atomic mass is 16.4. The molecule has 3 aromatic rings. The normalized spacial score (nSPS) is 11.4. The van der Waals surface area contributed by atoms with Gasteiger partial charge in [-0.25, -0.2) is 0 Å². The van der Waals surface area contributed by atoms with Gasteiger partial charge < -0.3 is 15.5 Å². The van der Waals surface area contributed by atoms with Gasteiger partial charge in [-0.15, -0.1) is 0 Å². The van der Waals surface area contributed by atoms with Crippen molar-refractivity contribution in [3.63, 3.8) is 0 Å². The van der Waals surface area contributed by atoms with Crippen molar-refractivity contribution in [3.05, 3.63) is 65.8 Å². The van der Waals surface area contributed by atoms with Crippen LogP contribution in [0.4, 0.5) is 23.3 Å². The average Bonchev–Trinajstić information content (AvgIpc) is 2.50. The Kier molecular flexibility index (Phi) is 3.82. The van der Waals surface area contributed by atoms with Gasteiger partial charge >= 0.3 is 5.68 Å². The summed E-state index contributed by atoms with van der Waals surface area (Å²) in [5.74, 6) is 0.335. The van der Waals surface area contributed by atoms with Crippen molar-refractivity contribution < 1.29 is 4.42 Å². The predicted octanol–water partition coefficient (Wildman–Crippen LogP) is 2.94. The predicted molar refractivity (Wildman–Crippen MR) is 84.8 cm³/mol. The minimum absolute atomic E-state index is 0.000709. The molecule has 0 fully saturated rings. The van der Waals surface area contributed by atoms with Gasteiger partial charge in [0.2, 0.25) is 5.95 Å². The standard InChI is InChI=1S/C16H15N5O/c1-11-7-5-6-10-13(11)19-16-21-15(20-14(17)22-16)18-12-8-3-2-4-9-12/h2-10H,1H3,(H3,17,18,19,20,21). The zero-order valence-electron chi connectivity index (χ0n) is 12.0. The molecule has 3 rings (SSSR count). The number of aryl methyl sites for hydroxylation is 1. The first-order chi connectivity index (χ1) is 10.7. The lowest BCUT2D eigenvalue weighted by atomic mass is 10.2. The lowest BCUT2D eigenvalue weighted by molar-refractivity contribution is 0.471. The highest BCUT2D eigenvalue weighted by Crippen LogP contribution is 2.16. The number of nitrogens with two attached hydrogens (primary N) is 1. The molecule has 0 bridgehead atoms. The van der Waals surface area contributed by atoms with Crippen molar-refractivity contribution in [3.8, 4) is 0 Å². The van der Waals surface area contributed by atoms with Crippen LogP contribution in [0.3, 0.4) is 0 Å². The average molecular weight is 293 g/mol. The van der Waals surface area contributed by atoms with Gasteiger partial charge in [0.15, 0.2) is 0 Å². The summed E-state index contributed by atoms with van der Waals surface area (Å²) in [5.41, 5.74) is 8.49. The van der Waals surface area contributed by atoms with E-state index in [0.29, 0.717) is 5.95 Å². The molecule has 0 amide bonds. The van der Waals surface area contributed by atoms with Gasteiger partial charge in [-0.2, -0.15) is 15.0 Å². The van der Waals surface area contributed by atoms with Gasteiger partial charge in [-0.3, -0.25) is 0 Å². The fraction of sp³-hybridized carbons (Fsp3) is 0.0625. The van der Waals surface area contributed by atoms with Crippen molar-refractivity contribution in [2.24, 2.45) is 4.99 Å². The first-order valence-electron chi connectivity index (χ1n) is 6.78. The number of benzene rings is 2. The van der Waals surface area contributed by atoms with E-state index in [0.717, 1.165) is 16.9 Å². The van der Waals surface area contributed by atoms with Crippen LogP contribution in [0.5, 0.6) is 0 Å². The van der Waals surface area contributed by atoms with Crippen LogP contribution >= 0.6 is 0 Å². The summed E-state index contributed by atoms with van der Waals surface area (Å²) in [6.07, 6.45) is 0. The zero-order valence-corrected chi connectivity index (χ0v) is 12.0. The number of nitrogens with one attached hydrogen (secondary N) is 1. The molecule has 0 aliphatic carbocycles. The molecule has 0 radical (unpaired) electrons. The smallest absolute Gasteiger partial charge is 0.328 e. The zero-order chi connectivity index (χ0) is 15.4. The molecule has 3 N–H and O–H groups in total. The number of anilines is 3. The summed E-state index contributed by atoms with van der Waals surface area (Å²) in [7, 11) is 0. The van der Waals surface area contributed by atoms with Crippen molar-refractivity contribution in [2.45, 2.75) is 6.92 Å². The maximum Gasteiger partial charge on any atom is 0.328 e. The minimum Gasteiger partial charge on any atom is -0.390 e. The monoisotopic (exact) mass is 293 g/mol. The number of hydrogen-bond acceptors (Lipinski definition) is 6. The van der Waals surface area contributed by atoms with Gasteiger partial charge in [0, 0.05) is 5.69 Å². The molecular weight excluding hydrogens is 278 g/mol. The number of hydrogen-bond donors (Lipinski definition) is 2. The molecule has 110 valence electrons. The van der Waals surface area contributed by atoms with Crippen LogP contribution in [-0.4, -0.2) is 9.97 Å². The van der Waals surface area contributed by atoms with E-state index in [2.05, 4.69) is 20.3 Å². The molecule has 6 heteroatoms. The number of aromatic nitrogens is 2. The van der Waals surface area contributed by atoms with E-state index >= 15 is 0 Å². The number of para-hydroxylation sites is 2. The molecular formula is C16H15N5O. The topological polar surface area (TPSA) is 89.3 Å². The molecule has 1 aromatic heterocycles. The van der Waals surface area contributed by atoms with E-state index in [1.807, 2.05) is 61.5 Å². The molecule has 0 saturated heterocycles. The van der Waals surface area contributed by atoms with E-state index in [4.69, 9.17) is 10.2 Å². The molecule has 0 unspecified atom stereocenters. The SMILES string of the molecule is Cc1ccccc1N=c1nc(Nc2ccccc2)nc(N)o1. The summed E-state index contributed by atoms with van der Waals surface area (Å²) in [6.45, 7) is 1.96. The maximum atomic E-state index is 5.69. The van der Waals surface area contributed by atoms with Crippen LogP contribution in [0.1, 0.15) is 5.56 Å². The lowest BCUT2D eigenvalue weighted by Crippen LogP contribution is -2.13. The molecule has 6 nitrogen and oxygen atoms in total. The van der Waals surface area contributed by atoms with Crippen molar-refractivity contribution >= 4 is 23.3 Å². The summed E-state index contributed by atoms with van der Waals surface area (Å²) in [6, 6.07) is 17.3. The molecule has 22 heavy (non-hydrogen) atoms. The summed E-state index contributed by atoms with van der Waals surface area (Å²) >= 11 is 0. The third-order valence-corrected chi connectivity index (χ3v) is 2.97. The van der Waals surface area contributed by atoms with Crippen molar-refractivity contribution in [1.82, 2.24) is 9.97 Å². The van der Waals surface area contributed by atoms with Gasteiger partial charge in [0.1, 0.15) is 0 Å². The van der Waals surface area contributed by atoms with Gasteiger partial charge in [-0.1, -0.05) is 36.4 Å². The summed E-state index contributed by atoms with van der Waals surface area (Å²) in [5, 5.41) is 3.06. The molecule has 0 aliphatic rings. The van der Waals surface area contributed by atoms with Crippen LogP contribution in [0.25, 0.3) is 0 Å². The molecule has 2 aromatic carbocycles. The summed E-state index contributed by atoms with van der Waals surface area (Å²) in [4.78, 5) is 12.6. The Morgan fingerprint density at radius 2 is 1.73 bits per heavy atom. The van der Waals surface area contributed by atoms with Crippen LogP contribution in [0.15, 0.2) is 64.0 Å². The largest absolute Gasteiger partial charge is 0.390 e. The Labute approximate surface area is 127 Å². The molecule has 0 aliphatic heterocycles. The Morgan fingerprint density at radius 1 is 1.00 bits per heavy atom. The van der Waals surface area contributed by atoms with E-state index < -0.39 is 0 Å². The maximum absolute atomic E-state index is 5.69. The Bertz CT molecular complexity index is 842. The summed E-state index contributed by atoms with van der Waals surface area (Å²) < 4.78 is 5.26. The third-order valence-electron chi connectivity index (χ3n) is 2.97. The van der Waals surface area contributed by atoms with E-state index in [1.54, 1.807) is 0 Å². The minimum atomic E-state index is 0.000709. The quantitative estimate of drug-likeness (QED) is 0.775. The second kappa shape index (κ2) is 6.09. The highest BCUT2D eigenvalue weighted by molar-refractivity contribution is 5.52. The van der Waals surface area contributed by atoms with Gasteiger partial charge in [0.05, 0.1) is 5.69 Å². The second-order valence-electron chi connectivity index (χ2n) is 4.66. The fourth-order valence-electron chi connectivity index (χ4n) is 1.91. The van der Waals surface area contributed by atoms with Crippen molar-refractivity contribution in [2.75, 3.05) is 11.1 Å². The van der Waals surface area contributed by atoms with Crippen molar-refractivity contribution in [1.29, 1.82) is 0 Å². The molecule has 1 heterocycles. The Morgan fingerprint density at radius 3 is 2.50 bits per heavy atom.